The molecule has 1 aliphatic carbocycles. The van der Waals surface area contributed by atoms with E-state index < -0.39 is 0 Å². The molecule has 0 unspecified atom stereocenters. The highest BCUT2D eigenvalue weighted by Gasteiger charge is 2.46. The molecule has 2 aromatic rings. The van der Waals surface area contributed by atoms with Crippen LogP contribution < -0.4 is 15.5 Å². The van der Waals surface area contributed by atoms with Gasteiger partial charge >= 0.3 is 0 Å². The van der Waals surface area contributed by atoms with Crippen molar-refractivity contribution in [2.75, 3.05) is 19.6 Å². The summed E-state index contributed by atoms with van der Waals surface area (Å²) in [6.45, 7) is 4.74. The fourth-order valence-corrected chi connectivity index (χ4v) is 5.05. The lowest BCUT2D eigenvalue weighted by Crippen LogP contribution is -2.50. The van der Waals surface area contributed by atoms with Gasteiger partial charge in [0.15, 0.2) is 0 Å². The van der Waals surface area contributed by atoms with E-state index in [9.17, 15) is 4.79 Å². The SMILES string of the molecule is O=c1cc(CN2CCc3ccccc3C2)occ1OC1CC2(CCNCC2)C1. The molecule has 2 fully saturated rings. The highest BCUT2D eigenvalue weighted by Crippen LogP contribution is 2.49. The van der Waals surface area contributed by atoms with Crippen molar-refractivity contribution in [3.8, 4) is 5.75 Å². The second-order valence-corrected chi connectivity index (χ2v) is 8.70. The van der Waals surface area contributed by atoms with Crippen molar-refractivity contribution >= 4 is 0 Å². The fraction of sp³-hybridized carbons (Fsp3) is 0.522. The minimum absolute atomic E-state index is 0.0649. The summed E-state index contributed by atoms with van der Waals surface area (Å²) in [4.78, 5) is 14.8. The van der Waals surface area contributed by atoms with Gasteiger partial charge in [-0.05, 0) is 61.7 Å². The van der Waals surface area contributed by atoms with Crippen molar-refractivity contribution in [3.05, 3.63) is 63.7 Å². The highest BCUT2D eigenvalue weighted by atomic mass is 16.5. The first-order valence-electron chi connectivity index (χ1n) is 10.5. The predicted molar refractivity (Wildman–Crippen MR) is 107 cm³/mol. The Bertz CT molecular complexity index is 893. The van der Waals surface area contributed by atoms with Crippen LogP contribution in [0.25, 0.3) is 0 Å². The lowest BCUT2D eigenvalue weighted by Gasteiger charge is -2.49. The summed E-state index contributed by atoms with van der Waals surface area (Å²) in [5.74, 6) is 1.07. The molecule has 1 aromatic heterocycles. The fourth-order valence-electron chi connectivity index (χ4n) is 5.05. The molecular formula is C23H28N2O3. The van der Waals surface area contributed by atoms with Gasteiger partial charge in [0.1, 0.15) is 18.1 Å². The second-order valence-electron chi connectivity index (χ2n) is 8.70. The summed E-state index contributed by atoms with van der Waals surface area (Å²) in [5.41, 5.74) is 3.18. The van der Waals surface area contributed by atoms with Crippen molar-refractivity contribution in [2.24, 2.45) is 5.41 Å². The van der Waals surface area contributed by atoms with E-state index in [1.807, 2.05) is 0 Å². The lowest BCUT2D eigenvalue weighted by molar-refractivity contribution is -0.0361. The third-order valence-electron chi connectivity index (χ3n) is 6.72. The molecular weight excluding hydrogens is 352 g/mol. The number of piperidine rings is 1. The van der Waals surface area contributed by atoms with Gasteiger partial charge in [-0.3, -0.25) is 9.69 Å². The van der Waals surface area contributed by atoms with Gasteiger partial charge in [0.25, 0.3) is 0 Å². The first kappa shape index (κ1) is 18.0. The molecule has 1 N–H and O–H groups in total. The number of hydrogen-bond acceptors (Lipinski definition) is 5. The Kier molecular flexibility index (Phi) is 4.73. The largest absolute Gasteiger partial charge is 0.483 e. The van der Waals surface area contributed by atoms with Crippen LogP contribution in [0.3, 0.4) is 0 Å². The Morgan fingerprint density at radius 1 is 1.18 bits per heavy atom. The summed E-state index contributed by atoms with van der Waals surface area (Å²) in [5, 5.41) is 3.42. The van der Waals surface area contributed by atoms with Crippen LogP contribution in [-0.2, 0) is 19.5 Å². The topological polar surface area (TPSA) is 54.7 Å². The minimum Gasteiger partial charge on any atom is -0.483 e. The number of nitrogens with one attached hydrogen (secondary N) is 1. The van der Waals surface area contributed by atoms with Crippen LogP contribution in [0.5, 0.6) is 5.75 Å². The summed E-state index contributed by atoms with van der Waals surface area (Å²) in [7, 11) is 0. The summed E-state index contributed by atoms with van der Waals surface area (Å²) >= 11 is 0. The van der Waals surface area contributed by atoms with E-state index in [-0.39, 0.29) is 11.5 Å². The van der Waals surface area contributed by atoms with Gasteiger partial charge in [-0.1, -0.05) is 24.3 Å². The molecule has 1 aromatic carbocycles. The van der Waals surface area contributed by atoms with E-state index >= 15 is 0 Å². The summed E-state index contributed by atoms with van der Waals surface area (Å²) < 4.78 is 11.7. The average Bonchev–Trinajstić information content (AvgIpc) is 2.69. The third-order valence-corrected chi connectivity index (χ3v) is 6.72. The Labute approximate surface area is 165 Å². The number of ether oxygens (including phenoxy) is 1. The molecule has 0 radical (unpaired) electrons. The molecule has 0 bridgehead atoms. The van der Waals surface area contributed by atoms with E-state index in [4.69, 9.17) is 9.15 Å². The third kappa shape index (κ3) is 3.61. The van der Waals surface area contributed by atoms with Crippen LogP contribution in [0.15, 0.2) is 45.8 Å². The smallest absolute Gasteiger partial charge is 0.227 e. The van der Waals surface area contributed by atoms with Gasteiger partial charge in [0.05, 0.1) is 6.54 Å². The summed E-state index contributed by atoms with van der Waals surface area (Å²) in [6.07, 6.45) is 7.28. The van der Waals surface area contributed by atoms with Gasteiger partial charge < -0.3 is 14.5 Å². The average molecular weight is 380 g/mol. The maximum Gasteiger partial charge on any atom is 0.227 e. The molecule has 0 atom stereocenters. The molecule has 5 rings (SSSR count). The Morgan fingerprint density at radius 2 is 1.96 bits per heavy atom. The maximum absolute atomic E-state index is 12.5. The Balaban J connectivity index is 1.18. The summed E-state index contributed by atoms with van der Waals surface area (Å²) in [6, 6.07) is 10.2. The van der Waals surface area contributed by atoms with Crippen molar-refractivity contribution in [1.29, 1.82) is 0 Å². The number of rotatable bonds is 4. The van der Waals surface area contributed by atoms with Crippen LogP contribution in [0, 0.1) is 5.41 Å². The maximum atomic E-state index is 12.5. The molecule has 1 saturated heterocycles. The molecule has 148 valence electrons. The molecule has 0 amide bonds. The molecule has 1 spiro atoms. The van der Waals surface area contributed by atoms with Gasteiger partial charge in [-0.2, -0.15) is 0 Å². The zero-order valence-corrected chi connectivity index (χ0v) is 16.3. The zero-order valence-electron chi connectivity index (χ0n) is 16.3. The number of hydrogen-bond donors (Lipinski definition) is 1. The van der Waals surface area contributed by atoms with E-state index in [1.54, 1.807) is 6.07 Å². The first-order chi connectivity index (χ1) is 13.7. The highest BCUT2D eigenvalue weighted by molar-refractivity contribution is 5.29. The van der Waals surface area contributed by atoms with E-state index in [0.717, 1.165) is 45.4 Å². The van der Waals surface area contributed by atoms with Crippen molar-refractivity contribution < 1.29 is 9.15 Å². The number of fused-ring (bicyclic) bond motifs is 1. The van der Waals surface area contributed by atoms with Crippen LogP contribution in [0.1, 0.15) is 42.6 Å². The normalized spacial score (nSPS) is 21.9. The molecule has 3 aliphatic rings. The number of benzene rings is 1. The zero-order chi connectivity index (χ0) is 19.0. The van der Waals surface area contributed by atoms with Crippen molar-refractivity contribution in [3.63, 3.8) is 0 Å². The second kappa shape index (κ2) is 7.37. The minimum atomic E-state index is -0.0649. The predicted octanol–water partition coefficient (Wildman–Crippen LogP) is 3.11. The Morgan fingerprint density at radius 3 is 2.75 bits per heavy atom. The van der Waals surface area contributed by atoms with Gasteiger partial charge in [-0.15, -0.1) is 0 Å². The van der Waals surface area contributed by atoms with Gasteiger partial charge in [0.2, 0.25) is 11.2 Å². The monoisotopic (exact) mass is 380 g/mol. The van der Waals surface area contributed by atoms with Gasteiger partial charge in [0, 0.05) is 19.2 Å². The van der Waals surface area contributed by atoms with Crippen LogP contribution in [-0.4, -0.2) is 30.6 Å². The molecule has 5 heteroatoms. The quantitative estimate of drug-likeness (QED) is 0.883. The van der Waals surface area contributed by atoms with E-state index in [0.29, 0.717) is 23.5 Å². The standard InChI is InChI=1S/C23H28N2O3/c26-21-11-19(15-25-10-5-17-3-1-2-4-18(17)14-25)27-16-22(21)28-20-12-23(13-20)6-8-24-9-7-23/h1-4,11,16,20,24H,5-10,12-15H2. The van der Waals surface area contributed by atoms with Crippen LogP contribution >= 0.6 is 0 Å². The molecule has 5 nitrogen and oxygen atoms in total. The molecule has 28 heavy (non-hydrogen) atoms. The van der Waals surface area contributed by atoms with E-state index in [1.165, 1.54) is 30.2 Å². The molecule has 2 aliphatic heterocycles. The lowest BCUT2D eigenvalue weighted by atomic mass is 9.62. The molecule has 1 saturated carbocycles. The van der Waals surface area contributed by atoms with E-state index in [2.05, 4.69) is 34.5 Å². The van der Waals surface area contributed by atoms with Crippen molar-refractivity contribution in [1.82, 2.24) is 10.2 Å². The van der Waals surface area contributed by atoms with Gasteiger partial charge in [-0.25, -0.2) is 0 Å². The number of nitrogens with zero attached hydrogens (tertiary/aromatic N) is 1. The Hall–Kier alpha value is -2.11. The molecule has 3 heterocycles. The van der Waals surface area contributed by atoms with Crippen LogP contribution in [0.4, 0.5) is 0 Å². The first-order valence-corrected chi connectivity index (χ1v) is 10.5. The van der Waals surface area contributed by atoms with Crippen LogP contribution in [0.2, 0.25) is 0 Å². The van der Waals surface area contributed by atoms with Crippen molar-refractivity contribution in [2.45, 2.75) is 51.3 Å².